The van der Waals surface area contributed by atoms with E-state index in [9.17, 15) is 13.2 Å². The highest BCUT2D eigenvalue weighted by molar-refractivity contribution is 14.1. The molecule has 0 bridgehead atoms. The highest BCUT2D eigenvalue weighted by Crippen LogP contribution is 2.27. The molecule has 3 nitrogen and oxygen atoms in total. The topological polar surface area (TPSA) is 26.5 Å². The number of hydrogen-bond donors (Lipinski definition) is 0. The Labute approximate surface area is 131 Å². The summed E-state index contributed by atoms with van der Waals surface area (Å²) in [5, 5.41) is 0. The molecule has 0 amide bonds. The Morgan fingerprint density at radius 2 is 1.76 bits per heavy atom. The summed E-state index contributed by atoms with van der Waals surface area (Å²) >= 11 is 2.13. The number of aromatic nitrogens is 2. The fourth-order valence-electron chi connectivity index (χ4n) is 1.99. The maximum absolute atomic E-state index is 12.1. The Balaban J connectivity index is 1.93. The van der Waals surface area contributed by atoms with Gasteiger partial charge in [-0.2, -0.15) is 0 Å². The third-order valence-electron chi connectivity index (χ3n) is 2.91. The van der Waals surface area contributed by atoms with Crippen molar-refractivity contribution >= 4 is 28.1 Å². The zero-order valence-corrected chi connectivity index (χ0v) is 12.6. The van der Waals surface area contributed by atoms with E-state index < -0.39 is 6.36 Å². The van der Waals surface area contributed by atoms with Gasteiger partial charge in [-0.3, -0.25) is 0 Å². The number of ether oxygens (including phenoxy) is 1. The van der Waals surface area contributed by atoms with Crippen LogP contribution in [-0.4, -0.2) is 15.7 Å². The van der Waals surface area contributed by atoms with E-state index in [1.54, 1.807) is 18.5 Å². The van der Waals surface area contributed by atoms with Gasteiger partial charge in [-0.15, -0.1) is 13.2 Å². The second kappa shape index (κ2) is 5.21. The number of pyridine rings is 1. The van der Waals surface area contributed by atoms with Gasteiger partial charge >= 0.3 is 6.36 Å². The van der Waals surface area contributed by atoms with Gasteiger partial charge in [0.15, 0.2) is 0 Å². The third kappa shape index (κ3) is 3.12. The van der Waals surface area contributed by atoms with Crippen molar-refractivity contribution in [1.29, 1.82) is 0 Å². The van der Waals surface area contributed by atoms with Crippen molar-refractivity contribution in [3.05, 3.63) is 52.6 Å². The van der Waals surface area contributed by atoms with E-state index in [-0.39, 0.29) is 5.75 Å². The predicted molar refractivity (Wildman–Crippen MR) is 80.0 cm³/mol. The van der Waals surface area contributed by atoms with E-state index in [4.69, 9.17) is 0 Å². The second-order valence-corrected chi connectivity index (χ2v) is 5.34. The average Bonchev–Trinajstić information content (AvgIpc) is 2.79. The standard InChI is InChI=1S/C14H8F3IN2O/c15-14(16,17)21-11-3-1-9(2-4-11)10-5-6-20-8-19-13(18)12(20)7-10/h1-8H. The molecule has 2 aromatic heterocycles. The van der Waals surface area contributed by atoms with Gasteiger partial charge in [-0.1, -0.05) is 12.1 Å². The summed E-state index contributed by atoms with van der Waals surface area (Å²) in [6.07, 6.45) is -1.10. The van der Waals surface area contributed by atoms with Crippen LogP contribution in [0.15, 0.2) is 48.9 Å². The van der Waals surface area contributed by atoms with E-state index >= 15 is 0 Å². The number of imidazole rings is 1. The van der Waals surface area contributed by atoms with Crippen LogP contribution in [0.5, 0.6) is 5.75 Å². The van der Waals surface area contributed by atoms with E-state index in [1.807, 2.05) is 22.7 Å². The number of hydrogen-bond acceptors (Lipinski definition) is 2. The van der Waals surface area contributed by atoms with Gasteiger partial charge in [0.05, 0.1) is 5.52 Å². The van der Waals surface area contributed by atoms with Crippen molar-refractivity contribution in [2.45, 2.75) is 6.36 Å². The number of alkyl halides is 3. The number of benzene rings is 1. The summed E-state index contributed by atoms with van der Waals surface area (Å²) < 4.78 is 42.9. The van der Waals surface area contributed by atoms with E-state index in [0.29, 0.717) is 0 Å². The number of rotatable bonds is 2. The molecule has 0 saturated heterocycles. The second-order valence-electron chi connectivity index (χ2n) is 4.32. The zero-order valence-electron chi connectivity index (χ0n) is 10.4. The molecule has 3 aromatic rings. The van der Waals surface area contributed by atoms with E-state index in [1.165, 1.54) is 12.1 Å². The number of halogens is 4. The molecule has 0 unspecified atom stereocenters. The van der Waals surface area contributed by atoms with Crippen LogP contribution in [-0.2, 0) is 0 Å². The highest BCUT2D eigenvalue weighted by Gasteiger charge is 2.30. The Morgan fingerprint density at radius 3 is 2.43 bits per heavy atom. The molecule has 7 heteroatoms. The van der Waals surface area contributed by atoms with Crippen molar-refractivity contribution in [2.24, 2.45) is 0 Å². The van der Waals surface area contributed by atoms with Gasteiger partial charge in [0.1, 0.15) is 15.8 Å². The van der Waals surface area contributed by atoms with Crippen molar-refractivity contribution in [2.75, 3.05) is 0 Å². The maximum Gasteiger partial charge on any atom is 0.573 e. The minimum atomic E-state index is -4.67. The van der Waals surface area contributed by atoms with Gasteiger partial charge in [-0.25, -0.2) is 4.98 Å². The van der Waals surface area contributed by atoms with Gasteiger partial charge in [-0.05, 0) is 58.0 Å². The van der Waals surface area contributed by atoms with Crippen LogP contribution < -0.4 is 4.74 Å². The summed E-state index contributed by atoms with van der Waals surface area (Å²) in [4.78, 5) is 4.19. The van der Waals surface area contributed by atoms with Crippen LogP contribution in [0.4, 0.5) is 13.2 Å². The first-order valence-corrected chi connectivity index (χ1v) is 6.99. The lowest BCUT2D eigenvalue weighted by Crippen LogP contribution is -2.16. The lowest BCUT2D eigenvalue weighted by atomic mass is 10.1. The molecule has 1 aromatic carbocycles. The molecular weight excluding hydrogens is 396 g/mol. The van der Waals surface area contributed by atoms with Crippen molar-refractivity contribution in [1.82, 2.24) is 9.38 Å². The minimum absolute atomic E-state index is 0.230. The molecular formula is C14H8F3IN2O. The van der Waals surface area contributed by atoms with Crippen molar-refractivity contribution in [3.63, 3.8) is 0 Å². The Kier molecular flexibility index (Phi) is 3.52. The molecule has 0 fully saturated rings. The molecule has 0 aliphatic carbocycles. The molecule has 0 radical (unpaired) electrons. The number of nitrogens with zero attached hydrogens (tertiary/aromatic N) is 2. The monoisotopic (exact) mass is 404 g/mol. The first-order valence-electron chi connectivity index (χ1n) is 5.91. The van der Waals surface area contributed by atoms with Crippen LogP contribution >= 0.6 is 22.6 Å². The average molecular weight is 404 g/mol. The summed E-state index contributed by atoms with van der Waals surface area (Å²) in [5.41, 5.74) is 2.66. The molecule has 2 heterocycles. The van der Waals surface area contributed by atoms with Crippen LogP contribution in [0.25, 0.3) is 16.6 Å². The first kappa shape index (κ1) is 14.2. The molecule has 0 atom stereocenters. The molecule has 21 heavy (non-hydrogen) atoms. The zero-order chi connectivity index (χ0) is 15.0. The van der Waals surface area contributed by atoms with Crippen molar-refractivity contribution in [3.8, 4) is 16.9 Å². The first-order chi connectivity index (χ1) is 9.92. The lowest BCUT2D eigenvalue weighted by Gasteiger charge is -2.09. The maximum atomic E-state index is 12.1. The summed E-state index contributed by atoms with van der Waals surface area (Å²) in [5.74, 6) is -0.230. The van der Waals surface area contributed by atoms with Crippen LogP contribution in [0, 0.1) is 3.70 Å². The van der Waals surface area contributed by atoms with Crippen LogP contribution in [0.3, 0.4) is 0 Å². The molecule has 3 rings (SSSR count). The minimum Gasteiger partial charge on any atom is -0.406 e. The molecule has 0 aliphatic heterocycles. The Hall–Kier alpha value is -1.77. The molecule has 0 saturated carbocycles. The van der Waals surface area contributed by atoms with E-state index in [0.717, 1.165) is 20.3 Å². The fraction of sp³-hybridized carbons (Fsp3) is 0.0714. The molecule has 0 N–H and O–H groups in total. The quantitative estimate of drug-likeness (QED) is 0.588. The van der Waals surface area contributed by atoms with Gasteiger partial charge in [0, 0.05) is 6.20 Å². The summed E-state index contributed by atoms with van der Waals surface area (Å²) in [6, 6.07) is 9.60. The summed E-state index contributed by atoms with van der Waals surface area (Å²) in [7, 11) is 0. The Bertz CT molecular complexity index is 781. The van der Waals surface area contributed by atoms with Crippen LogP contribution in [0.1, 0.15) is 0 Å². The van der Waals surface area contributed by atoms with Gasteiger partial charge in [0.25, 0.3) is 0 Å². The largest absolute Gasteiger partial charge is 0.573 e. The predicted octanol–water partition coefficient (Wildman–Crippen LogP) is 4.50. The van der Waals surface area contributed by atoms with E-state index in [2.05, 4.69) is 32.3 Å². The SMILES string of the molecule is FC(F)(F)Oc1ccc(-c2ccn3cnc(I)c3c2)cc1. The lowest BCUT2D eigenvalue weighted by molar-refractivity contribution is -0.274. The fourth-order valence-corrected chi connectivity index (χ4v) is 2.54. The van der Waals surface area contributed by atoms with Gasteiger partial charge < -0.3 is 9.14 Å². The van der Waals surface area contributed by atoms with Crippen LogP contribution in [0.2, 0.25) is 0 Å². The molecule has 0 aliphatic rings. The highest BCUT2D eigenvalue weighted by atomic mass is 127. The summed E-state index contributed by atoms with van der Waals surface area (Å²) in [6.45, 7) is 0. The third-order valence-corrected chi connectivity index (χ3v) is 3.74. The molecule has 108 valence electrons. The van der Waals surface area contributed by atoms with Gasteiger partial charge in [0.2, 0.25) is 0 Å². The van der Waals surface area contributed by atoms with Crippen molar-refractivity contribution < 1.29 is 17.9 Å². The smallest absolute Gasteiger partial charge is 0.406 e. The number of fused-ring (bicyclic) bond motifs is 1. The Morgan fingerprint density at radius 1 is 1.05 bits per heavy atom. The molecule has 0 spiro atoms. The normalized spacial score (nSPS) is 11.8.